The van der Waals surface area contributed by atoms with Crippen LogP contribution in [0, 0.1) is 5.82 Å². The second-order valence-corrected chi connectivity index (χ2v) is 11.3. The Kier molecular flexibility index (Phi) is 9.87. The van der Waals surface area contributed by atoms with E-state index in [1.54, 1.807) is 11.8 Å². The Morgan fingerprint density at radius 3 is 2.28 bits per heavy atom. The fourth-order valence-electron chi connectivity index (χ4n) is 4.57. The molecule has 3 rings (SSSR count). The number of anilines is 1. The Morgan fingerprint density at radius 1 is 1.03 bits per heavy atom. The van der Waals surface area contributed by atoms with Gasteiger partial charge >= 0.3 is 0 Å². The van der Waals surface area contributed by atoms with Crippen LogP contribution in [0.3, 0.4) is 0 Å². The Balaban J connectivity index is 1.66. The molecule has 2 aromatic rings. The number of benzene rings is 2. The number of nitrogens with zero attached hydrogens (tertiary/aromatic N) is 2. The van der Waals surface area contributed by atoms with Gasteiger partial charge in [-0.1, -0.05) is 43.2 Å². The quantitative estimate of drug-likeness (QED) is 0.463. The Bertz CT molecular complexity index is 1100. The summed E-state index contributed by atoms with van der Waals surface area (Å²) in [6, 6.07) is 14.5. The molecule has 36 heavy (non-hydrogen) atoms. The first-order chi connectivity index (χ1) is 17.1. The molecule has 2 amide bonds. The molecule has 0 aromatic heterocycles. The van der Waals surface area contributed by atoms with Crippen LogP contribution >= 0.6 is 0 Å². The van der Waals surface area contributed by atoms with E-state index in [4.69, 9.17) is 0 Å². The van der Waals surface area contributed by atoms with Gasteiger partial charge in [-0.2, -0.15) is 0 Å². The average molecular weight is 518 g/mol. The third-order valence-corrected chi connectivity index (χ3v) is 7.81. The minimum Gasteiger partial charge on any atom is -0.352 e. The standard InChI is InChI=1S/C27H36FN3O4S/c1-21(27(33)29-24-11-6-7-12-24)30(20-18-22-9-4-3-5-10-22)26(32)13-8-19-31(36(2,34)35)25-16-14-23(28)15-17-25/h3-5,9-10,14-17,21,24H,6-8,11-13,18-20H2,1-2H3,(H,29,33)/t21-/m1/s1. The van der Waals surface area contributed by atoms with E-state index in [9.17, 15) is 22.4 Å². The number of amides is 2. The van der Waals surface area contributed by atoms with Crippen LogP contribution in [-0.4, -0.2) is 56.6 Å². The van der Waals surface area contributed by atoms with Crippen LogP contribution < -0.4 is 9.62 Å². The summed E-state index contributed by atoms with van der Waals surface area (Å²) in [4.78, 5) is 27.8. The minimum atomic E-state index is -3.62. The maximum absolute atomic E-state index is 13.3. The van der Waals surface area contributed by atoms with E-state index in [2.05, 4.69) is 5.32 Å². The maximum Gasteiger partial charge on any atom is 0.242 e. The average Bonchev–Trinajstić information content (AvgIpc) is 3.35. The van der Waals surface area contributed by atoms with E-state index >= 15 is 0 Å². The maximum atomic E-state index is 13.3. The van der Waals surface area contributed by atoms with Crippen molar-refractivity contribution in [3.05, 3.63) is 66.0 Å². The zero-order chi connectivity index (χ0) is 26.1. The molecule has 0 radical (unpaired) electrons. The van der Waals surface area contributed by atoms with Gasteiger partial charge in [0.05, 0.1) is 11.9 Å². The van der Waals surface area contributed by atoms with Crippen molar-refractivity contribution in [1.29, 1.82) is 0 Å². The lowest BCUT2D eigenvalue weighted by atomic mass is 10.1. The van der Waals surface area contributed by atoms with Crippen LogP contribution in [0.25, 0.3) is 0 Å². The van der Waals surface area contributed by atoms with Gasteiger partial charge in [0, 0.05) is 25.6 Å². The molecule has 9 heteroatoms. The molecule has 0 heterocycles. The van der Waals surface area contributed by atoms with E-state index in [-0.39, 0.29) is 37.2 Å². The van der Waals surface area contributed by atoms with Crippen LogP contribution in [0.15, 0.2) is 54.6 Å². The smallest absolute Gasteiger partial charge is 0.242 e. The summed E-state index contributed by atoms with van der Waals surface area (Å²) in [7, 11) is -3.62. The first-order valence-corrected chi connectivity index (χ1v) is 14.4. The SMILES string of the molecule is C[C@H](C(=O)NC1CCCC1)N(CCc1ccccc1)C(=O)CCCN(c1ccc(F)cc1)S(C)(=O)=O. The summed E-state index contributed by atoms with van der Waals surface area (Å²) in [5.74, 6) is -0.818. The van der Waals surface area contributed by atoms with Gasteiger partial charge in [-0.15, -0.1) is 0 Å². The van der Waals surface area contributed by atoms with Crippen molar-refractivity contribution in [2.75, 3.05) is 23.7 Å². The lowest BCUT2D eigenvalue weighted by Gasteiger charge is -2.30. The van der Waals surface area contributed by atoms with Crippen LogP contribution in [0.2, 0.25) is 0 Å². The lowest BCUT2D eigenvalue weighted by molar-refractivity contribution is -0.140. The van der Waals surface area contributed by atoms with Crippen LogP contribution in [-0.2, 0) is 26.0 Å². The Labute approximate surface area is 213 Å². The van der Waals surface area contributed by atoms with Gasteiger partial charge in [0.2, 0.25) is 21.8 Å². The number of rotatable bonds is 12. The lowest BCUT2D eigenvalue weighted by Crippen LogP contribution is -2.50. The zero-order valence-corrected chi connectivity index (χ0v) is 21.8. The minimum absolute atomic E-state index is 0.0748. The monoisotopic (exact) mass is 517 g/mol. The van der Waals surface area contributed by atoms with Crippen molar-refractivity contribution in [1.82, 2.24) is 10.2 Å². The first kappa shape index (κ1) is 27.6. The van der Waals surface area contributed by atoms with Crippen molar-refractivity contribution < 1.29 is 22.4 Å². The van der Waals surface area contributed by atoms with E-state index in [1.165, 1.54) is 28.6 Å². The van der Waals surface area contributed by atoms with Crippen molar-refractivity contribution in [3.63, 3.8) is 0 Å². The molecule has 2 aromatic carbocycles. The second-order valence-electron chi connectivity index (χ2n) is 9.40. The second kappa shape index (κ2) is 12.9. The molecule has 0 saturated heterocycles. The number of halogens is 1. The number of sulfonamides is 1. The van der Waals surface area contributed by atoms with E-state index in [1.807, 2.05) is 30.3 Å². The van der Waals surface area contributed by atoms with Gasteiger partial charge in [-0.3, -0.25) is 13.9 Å². The van der Waals surface area contributed by atoms with Gasteiger partial charge in [0.15, 0.2) is 0 Å². The fraction of sp³-hybridized carbons (Fsp3) is 0.481. The van der Waals surface area contributed by atoms with Crippen LogP contribution in [0.5, 0.6) is 0 Å². The normalized spacial score (nSPS) is 14.9. The number of carbonyl (C=O) groups is 2. The highest BCUT2D eigenvalue weighted by Crippen LogP contribution is 2.20. The van der Waals surface area contributed by atoms with Gasteiger partial charge in [-0.05, 0) is 62.4 Å². The van der Waals surface area contributed by atoms with Gasteiger partial charge in [0.25, 0.3) is 0 Å². The number of carbonyl (C=O) groups excluding carboxylic acids is 2. The van der Waals surface area contributed by atoms with E-state index < -0.39 is 21.9 Å². The molecule has 1 saturated carbocycles. The molecule has 1 N–H and O–H groups in total. The summed E-state index contributed by atoms with van der Waals surface area (Å²) >= 11 is 0. The van der Waals surface area contributed by atoms with Crippen LogP contribution in [0.1, 0.15) is 51.0 Å². The van der Waals surface area contributed by atoms with Crippen molar-refractivity contribution >= 4 is 27.5 Å². The molecule has 0 spiro atoms. The first-order valence-electron chi connectivity index (χ1n) is 12.5. The van der Waals surface area contributed by atoms with Gasteiger partial charge < -0.3 is 10.2 Å². The summed E-state index contributed by atoms with van der Waals surface area (Å²) in [6.07, 6.45) is 6.16. The van der Waals surface area contributed by atoms with Crippen molar-refractivity contribution in [2.24, 2.45) is 0 Å². The summed E-state index contributed by atoms with van der Waals surface area (Å²) in [6.45, 7) is 2.20. The highest BCUT2D eigenvalue weighted by Gasteiger charge is 2.28. The molecule has 0 unspecified atom stereocenters. The molecule has 1 aliphatic carbocycles. The van der Waals surface area contributed by atoms with Crippen molar-refractivity contribution in [3.8, 4) is 0 Å². The van der Waals surface area contributed by atoms with Crippen molar-refractivity contribution in [2.45, 2.75) is 64.0 Å². The number of hydrogen-bond acceptors (Lipinski definition) is 4. The number of nitrogens with one attached hydrogen (secondary N) is 1. The third-order valence-electron chi connectivity index (χ3n) is 6.62. The topological polar surface area (TPSA) is 86.8 Å². The van der Waals surface area contributed by atoms with Gasteiger partial charge in [-0.25, -0.2) is 12.8 Å². The predicted molar refractivity (Wildman–Crippen MR) is 140 cm³/mol. The molecule has 1 aliphatic rings. The molecule has 0 aliphatic heterocycles. The molecule has 0 bridgehead atoms. The molecule has 1 atom stereocenters. The molecular weight excluding hydrogens is 481 g/mol. The molecule has 7 nitrogen and oxygen atoms in total. The molecule has 1 fully saturated rings. The molecular formula is C27H36FN3O4S. The summed E-state index contributed by atoms with van der Waals surface area (Å²) < 4.78 is 39.1. The summed E-state index contributed by atoms with van der Waals surface area (Å²) in [5, 5.41) is 3.08. The Hall–Kier alpha value is -2.94. The molecule has 196 valence electrons. The third kappa shape index (κ3) is 8.05. The Morgan fingerprint density at radius 2 is 1.67 bits per heavy atom. The highest BCUT2D eigenvalue weighted by molar-refractivity contribution is 7.92. The fourth-order valence-corrected chi connectivity index (χ4v) is 5.54. The zero-order valence-electron chi connectivity index (χ0n) is 21.0. The highest BCUT2D eigenvalue weighted by atomic mass is 32.2. The number of hydrogen-bond donors (Lipinski definition) is 1. The predicted octanol–water partition coefficient (Wildman–Crippen LogP) is 3.89. The van der Waals surface area contributed by atoms with E-state index in [0.29, 0.717) is 18.7 Å². The summed E-state index contributed by atoms with van der Waals surface area (Å²) in [5.41, 5.74) is 1.41. The largest absolute Gasteiger partial charge is 0.352 e. The van der Waals surface area contributed by atoms with Crippen LogP contribution in [0.4, 0.5) is 10.1 Å². The van der Waals surface area contributed by atoms with Gasteiger partial charge in [0.1, 0.15) is 11.9 Å². The van der Waals surface area contributed by atoms with E-state index in [0.717, 1.165) is 37.5 Å².